The van der Waals surface area contributed by atoms with Gasteiger partial charge in [-0.15, -0.1) is 0 Å². The van der Waals surface area contributed by atoms with Crippen molar-refractivity contribution in [3.63, 3.8) is 0 Å². The second kappa shape index (κ2) is 9.15. The zero-order valence-electron chi connectivity index (χ0n) is 17.1. The van der Waals surface area contributed by atoms with Crippen LogP contribution in [0, 0.1) is 11.3 Å². The predicted molar refractivity (Wildman–Crippen MR) is 122 cm³/mol. The van der Waals surface area contributed by atoms with Gasteiger partial charge in [-0.05, 0) is 24.1 Å². The van der Waals surface area contributed by atoms with E-state index in [1.807, 2.05) is 18.2 Å². The fourth-order valence-electron chi connectivity index (χ4n) is 3.77. The first-order chi connectivity index (χ1) is 15.0. The number of nitriles is 1. The number of hydrogen-bond acceptors (Lipinski definition) is 7. The fraction of sp³-hybridized carbons (Fsp3) is 0.318. The van der Waals surface area contributed by atoms with Crippen LogP contribution in [0.5, 0.6) is 11.5 Å². The number of methoxy groups -OCH3 is 2. The van der Waals surface area contributed by atoms with Gasteiger partial charge in [-0.1, -0.05) is 29.3 Å². The number of ether oxygens (including phenoxy) is 2. The number of hydrogen-bond donors (Lipinski definition) is 2. The quantitative estimate of drug-likeness (QED) is 0.554. The summed E-state index contributed by atoms with van der Waals surface area (Å²) in [5.74, 6) is 1.52. The van der Waals surface area contributed by atoms with Gasteiger partial charge in [0.25, 0.3) is 0 Å². The van der Waals surface area contributed by atoms with Crippen molar-refractivity contribution in [2.24, 2.45) is 0 Å². The van der Waals surface area contributed by atoms with Crippen LogP contribution < -0.4 is 20.1 Å². The molecule has 31 heavy (non-hydrogen) atoms. The minimum atomic E-state index is 0.192. The lowest BCUT2D eigenvalue weighted by molar-refractivity contribution is 0.395. The van der Waals surface area contributed by atoms with Crippen molar-refractivity contribution in [1.82, 2.24) is 15.3 Å². The minimum Gasteiger partial charge on any atom is -0.495 e. The lowest BCUT2D eigenvalue weighted by atomic mass is 10.0. The first kappa shape index (κ1) is 21.4. The van der Waals surface area contributed by atoms with Crippen LogP contribution in [0.15, 0.2) is 30.5 Å². The van der Waals surface area contributed by atoms with Crippen molar-refractivity contribution in [2.75, 3.05) is 26.1 Å². The maximum Gasteiger partial charge on any atom is 0.223 e. The Labute approximate surface area is 190 Å². The van der Waals surface area contributed by atoms with Gasteiger partial charge in [-0.3, -0.25) is 0 Å². The highest BCUT2D eigenvalue weighted by atomic mass is 35.5. The number of anilines is 1. The van der Waals surface area contributed by atoms with Crippen LogP contribution in [0.3, 0.4) is 0 Å². The van der Waals surface area contributed by atoms with Gasteiger partial charge >= 0.3 is 0 Å². The van der Waals surface area contributed by atoms with Crippen molar-refractivity contribution in [3.8, 4) is 28.7 Å². The summed E-state index contributed by atoms with van der Waals surface area (Å²) in [5, 5.41) is 17.2. The van der Waals surface area contributed by atoms with Gasteiger partial charge in [0.05, 0.1) is 42.3 Å². The highest BCUT2D eigenvalue weighted by Gasteiger charge is 2.24. The highest BCUT2D eigenvalue weighted by Crippen LogP contribution is 2.46. The van der Waals surface area contributed by atoms with Gasteiger partial charge in [-0.25, -0.2) is 9.97 Å². The Morgan fingerprint density at radius 2 is 1.94 bits per heavy atom. The summed E-state index contributed by atoms with van der Waals surface area (Å²) in [6.45, 7) is 0.779. The number of fused-ring (bicyclic) bond motifs is 1. The van der Waals surface area contributed by atoms with Crippen LogP contribution in [0.1, 0.15) is 12.8 Å². The van der Waals surface area contributed by atoms with E-state index in [1.165, 1.54) is 0 Å². The van der Waals surface area contributed by atoms with Crippen LogP contribution in [-0.2, 0) is 0 Å². The molecule has 1 saturated heterocycles. The summed E-state index contributed by atoms with van der Waals surface area (Å²) in [6, 6.07) is 10.0. The molecular formula is C22H21Cl2N5O2. The Kier molecular flexibility index (Phi) is 6.33. The van der Waals surface area contributed by atoms with E-state index in [4.69, 9.17) is 37.9 Å². The van der Waals surface area contributed by atoms with Gasteiger partial charge in [0.15, 0.2) is 0 Å². The summed E-state index contributed by atoms with van der Waals surface area (Å²) in [7, 11) is 3.09. The van der Waals surface area contributed by atoms with Gasteiger partial charge in [-0.2, -0.15) is 5.26 Å². The zero-order valence-corrected chi connectivity index (χ0v) is 18.6. The molecule has 0 aliphatic carbocycles. The number of halogens is 2. The van der Waals surface area contributed by atoms with E-state index in [9.17, 15) is 0 Å². The molecule has 0 bridgehead atoms. The molecule has 0 radical (unpaired) electrons. The number of rotatable bonds is 6. The summed E-state index contributed by atoms with van der Waals surface area (Å²) in [6.07, 6.45) is 3.13. The largest absolute Gasteiger partial charge is 0.495 e. The molecule has 1 aliphatic rings. The lowest BCUT2D eigenvalue weighted by Gasteiger charge is -2.15. The van der Waals surface area contributed by atoms with E-state index >= 15 is 0 Å². The maximum atomic E-state index is 8.85. The Morgan fingerprint density at radius 3 is 2.61 bits per heavy atom. The lowest BCUT2D eigenvalue weighted by Crippen LogP contribution is -2.23. The smallest absolute Gasteiger partial charge is 0.223 e. The fourth-order valence-corrected chi connectivity index (χ4v) is 4.49. The number of nitrogens with one attached hydrogen (secondary N) is 2. The molecule has 1 unspecified atom stereocenters. The number of benzene rings is 2. The topological polar surface area (TPSA) is 92.1 Å². The van der Waals surface area contributed by atoms with Crippen LogP contribution in [0.4, 0.5) is 5.95 Å². The van der Waals surface area contributed by atoms with Crippen LogP contribution >= 0.6 is 23.2 Å². The van der Waals surface area contributed by atoms with Crippen LogP contribution in [-0.4, -0.2) is 42.8 Å². The number of aromatic nitrogens is 2. The van der Waals surface area contributed by atoms with Gasteiger partial charge in [0, 0.05) is 41.8 Å². The normalized spacial score (nSPS) is 18.0. The van der Waals surface area contributed by atoms with Crippen LogP contribution in [0.25, 0.3) is 22.0 Å². The Bertz CT molecular complexity index is 1140. The van der Waals surface area contributed by atoms with E-state index < -0.39 is 0 Å². The molecule has 4 rings (SSSR count). The summed E-state index contributed by atoms with van der Waals surface area (Å²) in [4.78, 5) is 9.08. The van der Waals surface area contributed by atoms with E-state index in [-0.39, 0.29) is 12.1 Å². The molecule has 1 fully saturated rings. The third-order valence-electron chi connectivity index (χ3n) is 5.34. The van der Waals surface area contributed by atoms with Gasteiger partial charge in [0.2, 0.25) is 5.95 Å². The van der Waals surface area contributed by atoms with E-state index in [0.29, 0.717) is 39.5 Å². The van der Waals surface area contributed by atoms with Crippen LogP contribution in [0.2, 0.25) is 10.0 Å². The monoisotopic (exact) mass is 457 g/mol. The summed E-state index contributed by atoms with van der Waals surface area (Å²) >= 11 is 13.1. The summed E-state index contributed by atoms with van der Waals surface area (Å²) in [5.41, 5.74) is 2.23. The van der Waals surface area contributed by atoms with Crippen molar-refractivity contribution in [1.29, 1.82) is 5.26 Å². The van der Waals surface area contributed by atoms with Crippen molar-refractivity contribution < 1.29 is 9.47 Å². The predicted octanol–water partition coefficient (Wildman–Crippen LogP) is 4.68. The van der Waals surface area contributed by atoms with Crippen molar-refractivity contribution in [3.05, 3.63) is 40.5 Å². The molecule has 2 atom stereocenters. The van der Waals surface area contributed by atoms with Crippen molar-refractivity contribution >= 4 is 40.1 Å². The van der Waals surface area contributed by atoms with E-state index in [0.717, 1.165) is 29.4 Å². The molecule has 2 N–H and O–H groups in total. The average molecular weight is 458 g/mol. The molecule has 1 aromatic heterocycles. The molecule has 0 saturated carbocycles. The third kappa shape index (κ3) is 4.33. The molecular weight excluding hydrogens is 437 g/mol. The highest BCUT2D eigenvalue weighted by molar-refractivity contribution is 6.41. The molecule has 2 heterocycles. The Balaban J connectivity index is 1.63. The Hall–Kier alpha value is -2.79. The summed E-state index contributed by atoms with van der Waals surface area (Å²) < 4.78 is 10.7. The van der Waals surface area contributed by atoms with Gasteiger partial charge in [0.1, 0.15) is 11.5 Å². The molecule has 9 heteroatoms. The molecule has 2 aromatic carbocycles. The molecule has 0 spiro atoms. The molecule has 3 aromatic rings. The average Bonchev–Trinajstić information content (AvgIpc) is 3.21. The first-order valence-corrected chi connectivity index (χ1v) is 10.5. The Morgan fingerprint density at radius 1 is 1.19 bits per heavy atom. The van der Waals surface area contributed by atoms with E-state index in [2.05, 4.69) is 26.7 Å². The zero-order chi connectivity index (χ0) is 22.0. The molecule has 0 amide bonds. The van der Waals surface area contributed by atoms with Gasteiger partial charge < -0.3 is 20.1 Å². The number of nitrogens with zero attached hydrogens (tertiary/aromatic N) is 3. The molecule has 1 aliphatic heterocycles. The molecule has 160 valence electrons. The first-order valence-electron chi connectivity index (χ1n) is 9.78. The second-order valence-electron chi connectivity index (χ2n) is 7.30. The molecule has 7 nitrogen and oxygen atoms in total. The standard InChI is InChI=1S/C22H21Cl2N5O2/c1-30-17-9-18(31-2)21(24)19(20(17)23)12-3-4-16-13(7-12)10-27-22(29-16)28-15-8-14(5-6-25)26-11-15/h3-4,7,9-10,14-15,26H,5,8,11H2,1-2H3,(H,27,28,29)/t14?,15-/m0/s1. The third-order valence-corrected chi connectivity index (χ3v) is 6.09. The maximum absolute atomic E-state index is 8.85. The second-order valence-corrected chi connectivity index (χ2v) is 8.05. The minimum absolute atomic E-state index is 0.192. The van der Waals surface area contributed by atoms with E-state index in [1.54, 1.807) is 26.5 Å². The van der Waals surface area contributed by atoms with Crippen molar-refractivity contribution in [2.45, 2.75) is 24.9 Å². The SMILES string of the molecule is COc1cc(OC)c(Cl)c(-c2ccc3nc(N[C@@H]4CNC(CC#N)C4)ncc3c2)c1Cl.